The molecule has 0 saturated heterocycles. The number of carbonyl (C=O) groups excluding carboxylic acids is 2. The standard InChI is InChI=1S/C31H26FN5O4/c1-18-15-23(41-24-11-14-28-34-27(17-36(28)16-24)35-29(38)20-4-5-20)10-13-26(18)33-30(39)25-12-3-19(2)37(31(25)40)22-8-6-21(32)7-9-22/h3,6-17,20H,4-5H2,1-2H3,(H,33,39)(H,35,38). The molecule has 2 N–H and O–H groups in total. The summed E-state index contributed by atoms with van der Waals surface area (Å²) in [5.74, 6) is 0.719. The molecular weight excluding hydrogens is 525 g/mol. The molecule has 0 radical (unpaired) electrons. The van der Waals surface area contributed by atoms with E-state index in [1.165, 1.54) is 34.9 Å². The Morgan fingerprint density at radius 1 is 0.927 bits per heavy atom. The lowest BCUT2D eigenvalue weighted by atomic mass is 10.1. The van der Waals surface area contributed by atoms with Gasteiger partial charge in [-0.2, -0.15) is 0 Å². The molecule has 1 aliphatic rings. The highest BCUT2D eigenvalue weighted by Crippen LogP contribution is 2.30. The van der Waals surface area contributed by atoms with E-state index < -0.39 is 17.3 Å². The van der Waals surface area contributed by atoms with Crippen molar-refractivity contribution in [3.63, 3.8) is 0 Å². The number of aryl methyl sites for hydroxylation is 2. The molecule has 2 amide bonds. The number of benzene rings is 2. The number of imidazole rings is 1. The zero-order valence-electron chi connectivity index (χ0n) is 22.3. The predicted octanol–water partition coefficient (Wildman–Crippen LogP) is 5.63. The van der Waals surface area contributed by atoms with Gasteiger partial charge in [0.2, 0.25) is 5.91 Å². The zero-order valence-corrected chi connectivity index (χ0v) is 22.3. The number of hydrogen-bond acceptors (Lipinski definition) is 5. The molecule has 2 aromatic carbocycles. The second-order valence-corrected chi connectivity index (χ2v) is 10.1. The fourth-order valence-corrected chi connectivity index (χ4v) is 4.55. The molecule has 0 bridgehead atoms. The summed E-state index contributed by atoms with van der Waals surface area (Å²) in [6, 6.07) is 17.4. The molecule has 6 rings (SSSR count). The van der Waals surface area contributed by atoms with Gasteiger partial charge in [0.15, 0.2) is 5.82 Å². The van der Waals surface area contributed by atoms with E-state index in [9.17, 15) is 18.8 Å². The van der Waals surface area contributed by atoms with Gasteiger partial charge in [-0.1, -0.05) is 0 Å². The number of carbonyl (C=O) groups is 2. The average Bonchev–Trinajstić information content (AvgIpc) is 3.72. The van der Waals surface area contributed by atoms with E-state index in [4.69, 9.17) is 4.74 Å². The number of fused-ring (bicyclic) bond motifs is 1. The maximum Gasteiger partial charge on any atom is 0.268 e. The molecule has 206 valence electrons. The van der Waals surface area contributed by atoms with Crippen LogP contribution in [-0.2, 0) is 4.79 Å². The Hall–Kier alpha value is -5.25. The Bertz CT molecular complexity index is 1870. The number of nitrogens with one attached hydrogen (secondary N) is 2. The SMILES string of the molecule is Cc1cc(Oc2ccc3nc(NC(=O)C4CC4)cn3c2)ccc1NC(=O)c1ccc(C)n(-c2ccc(F)cc2)c1=O. The van der Waals surface area contributed by atoms with Crippen molar-refractivity contribution in [1.82, 2.24) is 14.0 Å². The molecule has 9 nitrogen and oxygen atoms in total. The molecule has 1 fully saturated rings. The number of nitrogens with zero attached hydrogens (tertiary/aromatic N) is 3. The quantitative estimate of drug-likeness (QED) is 0.273. The molecule has 41 heavy (non-hydrogen) atoms. The number of ether oxygens (including phenoxy) is 1. The lowest BCUT2D eigenvalue weighted by Crippen LogP contribution is -2.29. The predicted molar refractivity (Wildman–Crippen MR) is 152 cm³/mol. The summed E-state index contributed by atoms with van der Waals surface area (Å²) in [6.45, 7) is 3.56. The van der Waals surface area contributed by atoms with E-state index >= 15 is 0 Å². The van der Waals surface area contributed by atoms with Crippen LogP contribution in [-0.4, -0.2) is 25.8 Å². The third-order valence-electron chi connectivity index (χ3n) is 6.91. The van der Waals surface area contributed by atoms with Crippen LogP contribution < -0.4 is 20.9 Å². The lowest BCUT2D eigenvalue weighted by molar-refractivity contribution is -0.117. The highest BCUT2D eigenvalue weighted by molar-refractivity contribution is 6.04. The van der Waals surface area contributed by atoms with Gasteiger partial charge in [0.05, 0.1) is 12.4 Å². The minimum absolute atomic E-state index is 0.00605. The molecule has 0 atom stereocenters. The number of rotatable bonds is 7. The van der Waals surface area contributed by atoms with Crippen molar-refractivity contribution in [1.29, 1.82) is 0 Å². The Kier molecular flexibility index (Phi) is 6.58. The second-order valence-electron chi connectivity index (χ2n) is 10.1. The largest absolute Gasteiger partial charge is 0.456 e. The topological polar surface area (TPSA) is 107 Å². The molecule has 0 unspecified atom stereocenters. The van der Waals surface area contributed by atoms with Gasteiger partial charge in [-0.3, -0.25) is 19.0 Å². The van der Waals surface area contributed by atoms with Crippen molar-refractivity contribution in [2.24, 2.45) is 5.92 Å². The molecule has 1 aliphatic carbocycles. The first kappa shape index (κ1) is 26.0. The average molecular weight is 552 g/mol. The van der Waals surface area contributed by atoms with Gasteiger partial charge in [-0.25, -0.2) is 9.37 Å². The van der Waals surface area contributed by atoms with Crippen molar-refractivity contribution in [3.05, 3.63) is 112 Å². The Morgan fingerprint density at radius 3 is 2.41 bits per heavy atom. The normalized spacial score (nSPS) is 12.8. The molecular formula is C31H26FN5O4. The molecule has 0 spiro atoms. The smallest absolute Gasteiger partial charge is 0.268 e. The Labute approximate surface area is 234 Å². The summed E-state index contributed by atoms with van der Waals surface area (Å²) in [5.41, 5.74) is 2.47. The molecule has 0 aliphatic heterocycles. The maximum atomic E-state index is 13.4. The maximum absolute atomic E-state index is 13.4. The van der Waals surface area contributed by atoms with Crippen molar-refractivity contribution in [2.75, 3.05) is 10.6 Å². The van der Waals surface area contributed by atoms with E-state index in [2.05, 4.69) is 15.6 Å². The summed E-state index contributed by atoms with van der Waals surface area (Å²) >= 11 is 0. The summed E-state index contributed by atoms with van der Waals surface area (Å²) in [7, 11) is 0. The van der Waals surface area contributed by atoms with Crippen LogP contribution in [0.25, 0.3) is 11.3 Å². The van der Waals surface area contributed by atoms with Crippen molar-refractivity contribution < 1.29 is 18.7 Å². The second kappa shape index (κ2) is 10.4. The highest BCUT2D eigenvalue weighted by atomic mass is 19.1. The third-order valence-corrected chi connectivity index (χ3v) is 6.91. The van der Waals surface area contributed by atoms with Gasteiger partial charge in [0.25, 0.3) is 11.5 Å². The van der Waals surface area contributed by atoms with Crippen LogP contribution >= 0.6 is 0 Å². The van der Waals surface area contributed by atoms with Crippen molar-refractivity contribution in [3.8, 4) is 17.2 Å². The van der Waals surface area contributed by atoms with Crippen LogP contribution in [0.2, 0.25) is 0 Å². The lowest BCUT2D eigenvalue weighted by Gasteiger charge is -2.14. The minimum atomic E-state index is -0.558. The van der Waals surface area contributed by atoms with E-state index in [1.54, 1.807) is 60.1 Å². The number of amides is 2. The van der Waals surface area contributed by atoms with Gasteiger partial charge in [-0.05, 0) is 99.0 Å². The molecule has 1 saturated carbocycles. The first-order valence-corrected chi connectivity index (χ1v) is 13.1. The van der Waals surface area contributed by atoms with Crippen LogP contribution in [0, 0.1) is 25.6 Å². The Morgan fingerprint density at radius 2 is 1.68 bits per heavy atom. The van der Waals surface area contributed by atoms with E-state index in [1.807, 2.05) is 6.92 Å². The van der Waals surface area contributed by atoms with E-state index in [0.29, 0.717) is 40.0 Å². The van der Waals surface area contributed by atoms with Crippen LogP contribution in [0.5, 0.6) is 11.5 Å². The monoisotopic (exact) mass is 551 g/mol. The molecule has 3 heterocycles. The van der Waals surface area contributed by atoms with Gasteiger partial charge < -0.3 is 19.8 Å². The van der Waals surface area contributed by atoms with Gasteiger partial charge in [0, 0.05) is 23.0 Å². The number of aromatic nitrogens is 3. The van der Waals surface area contributed by atoms with Crippen molar-refractivity contribution >= 4 is 29.0 Å². The number of halogens is 1. The first-order chi connectivity index (χ1) is 19.7. The number of anilines is 2. The Balaban J connectivity index is 1.17. The van der Waals surface area contributed by atoms with Gasteiger partial charge in [0.1, 0.15) is 28.5 Å². The molecule has 10 heteroatoms. The summed E-state index contributed by atoms with van der Waals surface area (Å²) in [6.07, 6.45) is 5.34. The zero-order chi connectivity index (χ0) is 28.7. The summed E-state index contributed by atoms with van der Waals surface area (Å²) in [5, 5.41) is 5.65. The minimum Gasteiger partial charge on any atom is -0.456 e. The van der Waals surface area contributed by atoms with E-state index in [0.717, 1.165) is 18.4 Å². The van der Waals surface area contributed by atoms with Crippen LogP contribution in [0.15, 0.2) is 83.9 Å². The molecule has 3 aromatic heterocycles. The fraction of sp³-hybridized carbons (Fsp3) is 0.161. The van der Waals surface area contributed by atoms with Gasteiger partial charge in [-0.15, -0.1) is 0 Å². The summed E-state index contributed by atoms with van der Waals surface area (Å²) in [4.78, 5) is 42.7. The third kappa shape index (κ3) is 5.44. The first-order valence-electron chi connectivity index (χ1n) is 13.1. The van der Waals surface area contributed by atoms with E-state index in [-0.39, 0.29) is 17.4 Å². The van der Waals surface area contributed by atoms with Crippen LogP contribution in [0.4, 0.5) is 15.9 Å². The van der Waals surface area contributed by atoms with Crippen molar-refractivity contribution in [2.45, 2.75) is 26.7 Å². The van der Waals surface area contributed by atoms with Crippen LogP contribution in [0.3, 0.4) is 0 Å². The number of hydrogen-bond donors (Lipinski definition) is 2. The van der Waals surface area contributed by atoms with Gasteiger partial charge >= 0.3 is 0 Å². The number of pyridine rings is 2. The highest BCUT2D eigenvalue weighted by Gasteiger charge is 2.30. The molecule has 5 aromatic rings. The summed E-state index contributed by atoms with van der Waals surface area (Å²) < 4.78 is 22.6. The van der Waals surface area contributed by atoms with Crippen LogP contribution in [0.1, 0.15) is 34.5 Å². The fourth-order valence-electron chi connectivity index (χ4n) is 4.55.